The molecule has 3 rings (SSSR count). The Labute approximate surface area is 144 Å². The molecule has 1 amide bonds. The van der Waals surface area contributed by atoms with Crippen molar-refractivity contribution in [2.24, 2.45) is 0 Å². The lowest BCUT2D eigenvalue weighted by atomic mass is 9.90. The fourth-order valence-corrected chi connectivity index (χ4v) is 3.97. The number of hydrogen-bond acceptors (Lipinski definition) is 4. The minimum atomic E-state index is 0.0977. The molecule has 24 heavy (non-hydrogen) atoms. The molecule has 2 aliphatic rings. The zero-order chi connectivity index (χ0) is 16.9. The van der Waals surface area contributed by atoms with E-state index >= 15 is 0 Å². The predicted octanol–water partition coefficient (Wildman–Crippen LogP) is 2.41. The zero-order valence-corrected chi connectivity index (χ0v) is 14.7. The number of nitrogens with zero attached hydrogens (tertiary/aromatic N) is 2. The molecule has 1 aliphatic heterocycles. The molecule has 2 fully saturated rings. The molecule has 2 atom stereocenters. The third-order valence-electron chi connectivity index (χ3n) is 5.36. The first kappa shape index (κ1) is 17.2. The van der Waals surface area contributed by atoms with Gasteiger partial charge >= 0.3 is 0 Å². The highest BCUT2D eigenvalue weighted by Gasteiger charge is 2.33. The van der Waals surface area contributed by atoms with Crippen LogP contribution in [0.1, 0.15) is 36.0 Å². The maximum Gasteiger partial charge on any atom is 0.254 e. The Balaban J connectivity index is 1.59. The first-order valence-corrected chi connectivity index (χ1v) is 8.93. The highest BCUT2D eigenvalue weighted by molar-refractivity contribution is 5.94. The van der Waals surface area contributed by atoms with E-state index in [0.29, 0.717) is 17.7 Å². The van der Waals surface area contributed by atoms with E-state index in [9.17, 15) is 4.79 Å². The number of amides is 1. The van der Waals surface area contributed by atoms with Crippen LogP contribution in [0.25, 0.3) is 0 Å². The van der Waals surface area contributed by atoms with E-state index in [2.05, 4.69) is 4.90 Å². The summed E-state index contributed by atoms with van der Waals surface area (Å²) in [6.45, 7) is 3.42. The van der Waals surface area contributed by atoms with Crippen molar-refractivity contribution in [2.45, 2.75) is 37.8 Å². The summed E-state index contributed by atoms with van der Waals surface area (Å²) in [5.74, 6) is 0.824. The molecule has 5 heteroatoms. The molecule has 1 heterocycles. The Morgan fingerprint density at radius 1 is 1.08 bits per heavy atom. The van der Waals surface area contributed by atoms with Gasteiger partial charge in [-0.1, -0.05) is 18.9 Å². The van der Waals surface area contributed by atoms with E-state index in [1.165, 1.54) is 19.3 Å². The number of hydrogen-bond donors (Lipinski definition) is 0. The molecule has 0 N–H and O–H groups in total. The van der Waals surface area contributed by atoms with Gasteiger partial charge in [0.2, 0.25) is 0 Å². The highest BCUT2D eigenvalue weighted by Crippen LogP contribution is 2.26. The van der Waals surface area contributed by atoms with Gasteiger partial charge in [0.25, 0.3) is 5.91 Å². The van der Waals surface area contributed by atoms with E-state index in [-0.39, 0.29) is 5.91 Å². The average Bonchev–Trinajstić information content (AvgIpc) is 2.67. The van der Waals surface area contributed by atoms with Crippen LogP contribution in [-0.2, 0) is 4.74 Å². The minimum Gasteiger partial charge on any atom is -0.497 e. The van der Waals surface area contributed by atoms with E-state index in [1.54, 1.807) is 7.11 Å². The van der Waals surface area contributed by atoms with Crippen LogP contribution in [0.2, 0.25) is 0 Å². The second-order valence-corrected chi connectivity index (χ2v) is 6.69. The Hall–Kier alpha value is -1.59. The number of carbonyl (C=O) groups is 1. The van der Waals surface area contributed by atoms with E-state index in [4.69, 9.17) is 9.47 Å². The fraction of sp³-hybridized carbons (Fsp3) is 0.632. The summed E-state index contributed by atoms with van der Waals surface area (Å²) < 4.78 is 10.9. The van der Waals surface area contributed by atoms with Crippen LogP contribution in [0.15, 0.2) is 24.3 Å². The summed E-state index contributed by atoms with van der Waals surface area (Å²) in [6.07, 6.45) is 5.27. The van der Waals surface area contributed by atoms with Crippen LogP contribution in [-0.4, -0.2) is 68.3 Å². The summed E-state index contributed by atoms with van der Waals surface area (Å²) in [7, 11) is 3.45. The van der Waals surface area contributed by atoms with Gasteiger partial charge in [-0.05, 0) is 31.0 Å². The molecule has 132 valence electrons. The van der Waals surface area contributed by atoms with Crippen LogP contribution in [0.3, 0.4) is 0 Å². The number of carbonyl (C=O) groups excluding carboxylic acids is 1. The maximum absolute atomic E-state index is 12.7. The van der Waals surface area contributed by atoms with Crippen LogP contribution in [0.4, 0.5) is 0 Å². The minimum absolute atomic E-state index is 0.0977. The molecular formula is C19H28N2O3. The van der Waals surface area contributed by atoms with Gasteiger partial charge in [0.05, 0.1) is 13.2 Å². The molecule has 0 bridgehead atoms. The van der Waals surface area contributed by atoms with Crippen molar-refractivity contribution < 1.29 is 14.3 Å². The van der Waals surface area contributed by atoms with Crippen molar-refractivity contribution in [3.05, 3.63) is 29.8 Å². The summed E-state index contributed by atoms with van der Waals surface area (Å²) in [6, 6.07) is 7.92. The van der Waals surface area contributed by atoms with Gasteiger partial charge in [-0.25, -0.2) is 0 Å². The molecule has 1 saturated heterocycles. The fourth-order valence-electron chi connectivity index (χ4n) is 3.97. The average molecular weight is 332 g/mol. The molecule has 0 unspecified atom stereocenters. The molecule has 0 aromatic heterocycles. The van der Waals surface area contributed by atoms with Crippen molar-refractivity contribution in [3.63, 3.8) is 0 Å². The van der Waals surface area contributed by atoms with Gasteiger partial charge in [-0.2, -0.15) is 0 Å². The van der Waals surface area contributed by atoms with Crippen molar-refractivity contribution in [1.82, 2.24) is 9.80 Å². The van der Waals surface area contributed by atoms with Gasteiger partial charge in [-0.15, -0.1) is 0 Å². The zero-order valence-electron chi connectivity index (χ0n) is 14.7. The first-order valence-electron chi connectivity index (χ1n) is 8.93. The van der Waals surface area contributed by atoms with Crippen LogP contribution >= 0.6 is 0 Å². The Morgan fingerprint density at radius 3 is 2.54 bits per heavy atom. The Morgan fingerprint density at radius 2 is 1.83 bits per heavy atom. The van der Waals surface area contributed by atoms with Crippen molar-refractivity contribution in [2.75, 3.05) is 40.4 Å². The third-order valence-corrected chi connectivity index (χ3v) is 5.36. The summed E-state index contributed by atoms with van der Waals surface area (Å²) in [4.78, 5) is 17.2. The van der Waals surface area contributed by atoms with Crippen LogP contribution < -0.4 is 4.74 Å². The van der Waals surface area contributed by atoms with Crippen LogP contribution in [0.5, 0.6) is 5.75 Å². The molecule has 1 aromatic carbocycles. The second kappa shape index (κ2) is 7.99. The number of benzene rings is 1. The number of ether oxygens (including phenoxy) is 2. The van der Waals surface area contributed by atoms with Crippen LogP contribution in [0, 0.1) is 0 Å². The molecule has 1 aliphatic carbocycles. The lowest BCUT2D eigenvalue weighted by molar-refractivity contribution is -0.0249. The first-order chi connectivity index (χ1) is 11.7. The Kier molecular flexibility index (Phi) is 5.74. The number of piperazine rings is 1. The molecule has 5 nitrogen and oxygen atoms in total. The maximum atomic E-state index is 12.7. The summed E-state index contributed by atoms with van der Waals surface area (Å²) in [5.41, 5.74) is 0.704. The van der Waals surface area contributed by atoms with E-state index in [1.807, 2.05) is 36.3 Å². The second-order valence-electron chi connectivity index (χ2n) is 6.69. The van der Waals surface area contributed by atoms with Gasteiger partial charge in [0.1, 0.15) is 5.75 Å². The summed E-state index contributed by atoms with van der Waals surface area (Å²) >= 11 is 0. The van der Waals surface area contributed by atoms with Gasteiger partial charge in [-0.3, -0.25) is 9.69 Å². The lowest BCUT2D eigenvalue weighted by Gasteiger charge is -2.43. The predicted molar refractivity (Wildman–Crippen MR) is 93.5 cm³/mol. The van der Waals surface area contributed by atoms with Gasteiger partial charge < -0.3 is 14.4 Å². The lowest BCUT2D eigenvalue weighted by Crippen LogP contribution is -2.55. The normalized spacial score (nSPS) is 25.5. The third kappa shape index (κ3) is 3.73. The quantitative estimate of drug-likeness (QED) is 0.849. The SMILES string of the molecule is COc1cccc(C(=O)N2CCN([C@@H]3CCCC[C@@H]3OC)CC2)c1. The molecule has 0 radical (unpaired) electrons. The standard InChI is InChI=1S/C19H28N2O3/c1-23-16-7-5-6-15(14-16)19(22)21-12-10-20(11-13-21)17-8-3-4-9-18(17)24-2/h5-7,14,17-18H,3-4,8-13H2,1-2H3/t17-,18+/m1/s1. The van der Waals surface area contributed by atoms with Gasteiger partial charge in [0.15, 0.2) is 0 Å². The number of rotatable bonds is 4. The van der Waals surface area contributed by atoms with E-state index in [0.717, 1.165) is 38.3 Å². The number of methoxy groups -OCH3 is 2. The van der Waals surface area contributed by atoms with Gasteiger partial charge in [0, 0.05) is 44.9 Å². The van der Waals surface area contributed by atoms with Crippen molar-refractivity contribution in [1.29, 1.82) is 0 Å². The molecule has 1 aromatic rings. The van der Waals surface area contributed by atoms with Crippen molar-refractivity contribution >= 4 is 5.91 Å². The molecule has 1 saturated carbocycles. The summed E-state index contributed by atoms with van der Waals surface area (Å²) in [5, 5.41) is 0. The van der Waals surface area contributed by atoms with Crippen molar-refractivity contribution in [3.8, 4) is 5.75 Å². The smallest absolute Gasteiger partial charge is 0.254 e. The molecule has 0 spiro atoms. The highest BCUT2D eigenvalue weighted by atomic mass is 16.5. The monoisotopic (exact) mass is 332 g/mol. The van der Waals surface area contributed by atoms with E-state index < -0.39 is 0 Å². The topological polar surface area (TPSA) is 42.0 Å². The Bertz CT molecular complexity index is 555. The molecular weight excluding hydrogens is 304 g/mol. The largest absolute Gasteiger partial charge is 0.497 e.